The van der Waals surface area contributed by atoms with Gasteiger partial charge in [-0.1, -0.05) is 35.4 Å². The summed E-state index contributed by atoms with van der Waals surface area (Å²) in [6.07, 6.45) is 0.564. The van der Waals surface area contributed by atoms with Crippen molar-refractivity contribution in [3.8, 4) is 11.5 Å². The number of carbonyl (C=O) groups is 1. The van der Waals surface area contributed by atoms with Crippen LogP contribution in [-0.4, -0.2) is 69.8 Å². The largest absolute Gasteiger partial charge is 0.493 e. The Bertz CT molecular complexity index is 1200. The molecule has 0 radical (unpaired) electrons. The quantitative estimate of drug-likeness (QED) is 0.355. The summed E-state index contributed by atoms with van der Waals surface area (Å²) in [4.78, 5) is 31.4. The van der Waals surface area contributed by atoms with E-state index in [2.05, 4.69) is 20.1 Å². The van der Waals surface area contributed by atoms with E-state index in [1.165, 1.54) is 0 Å². The van der Waals surface area contributed by atoms with Crippen LogP contribution < -0.4 is 14.4 Å². The van der Waals surface area contributed by atoms with Crippen molar-refractivity contribution in [2.24, 2.45) is 0 Å². The molecule has 0 bridgehead atoms. The highest BCUT2D eigenvalue weighted by Gasteiger charge is 2.32. The van der Waals surface area contributed by atoms with Gasteiger partial charge in [0.15, 0.2) is 11.5 Å². The van der Waals surface area contributed by atoms with Crippen LogP contribution in [-0.2, 0) is 17.6 Å². The number of ether oxygens (including phenoxy) is 2. The lowest BCUT2D eigenvalue weighted by molar-refractivity contribution is -0.394. The molecule has 11 heteroatoms. The lowest BCUT2D eigenvalue weighted by Crippen LogP contribution is -2.56. The molecule has 3 aromatic rings. The van der Waals surface area contributed by atoms with E-state index in [0.717, 1.165) is 11.3 Å². The molecule has 2 heterocycles. The van der Waals surface area contributed by atoms with Crippen LogP contribution in [0.15, 0.2) is 48.5 Å². The number of hydrogen-bond donors (Lipinski definition) is 1. The van der Waals surface area contributed by atoms with Crippen LogP contribution in [0.3, 0.4) is 0 Å². The zero-order valence-electron chi connectivity index (χ0n) is 20.6. The van der Waals surface area contributed by atoms with Crippen molar-refractivity contribution in [1.29, 1.82) is 0 Å². The van der Waals surface area contributed by atoms with Crippen molar-refractivity contribution in [2.75, 3.05) is 31.6 Å². The van der Waals surface area contributed by atoms with Gasteiger partial charge in [0.2, 0.25) is 5.91 Å². The number of piperazine rings is 1. The first-order chi connectivity index (χ1) is 17.3. The fourth-order valence-electron chi connectivity index (χ4n) is 4.37. The minimum atomic E-state index is -0.663. The van der Waals surface area contributed by atoms with Gasteiger partial charge in [-0.15, -0.1) is 5.10 Å². The van der Waals surface area contributed by atoms with Gasteiger partial charge in [-0.3, -0.25) is 4.79 Å². The highest BCUT2D eigenvalue weighted by Crippen LogP contribution is 2.33. The maximum Gasteiger partial charge on any atom is 0.453 e. The summed E-state index contributed by atoms with van der Waals surface area (Å²) in [6, 6.07) is 15.8. The highest BCUT2D eigenvalue weighted by atomic mass is 16.6. The Morgan fingerprint density at radius 1 is 1.19 bits per heavy atom. The topological polar surface area (TPSA) is 127 Å². The molecule has 2 aromatic carbocycles. The molecule has 190 valence electrons. The van der Waals surface area contributed by atoms with Crippen LogP contribution in [0, 0.1) is 10.1 Å². The lowest BCUT2D eigenvalue weighted by Gasteiger charge is -2.42. The first-order valence-electron chi connectivity index (χ1n) is 11.8. The Morgan fingerprint density at radius 3 is 2.64 bits per heavy atom. The summed E-state index contributed by atoms with van der Waals surface area (Å²) in [5.74, 6) is 0.820. The normalized spacial score (nSPS) is 15.7. The number of rotatable bonds is 9. The molecule has 1 aromatic heterocycles. The van der Waals surface area contributed by atoms with Crippen LogP contribution in [0.1, 0.15) is 25.2 Å². The van der Waals surface area contributed by atoms with E-state index in [1.807, 2.05) is 67.3 Å². The number of benzene rings is 2. The van der Waals surface area contributed by atoms with Crippen LogP contribution >= 0.6 is 0 Å². The molecule has 1 unspecified atom stereocenters. The van der Waals surface area contributed by atoms with E-state index >= 15 is 0 Å². The molecule has 1 atom stereocenters. The van der Waals surface area contributed by atoms with Crippen molar-refractivity contribution in [3.63, 3.8) is 0 Å². The van der Waals surface area contributed by atoms with E-state index in [1.54, 1.807) is 7.11 Å². The second kappa shape index (κ2) is 11.1. The van der Waals surface area contributed by atoms with Gasteiger partial charge in [0.1, 0.15) is 6.42 Å². The number of H-pyrrole nitrogens is 1. The fourth-order valence-corrected chi connectivity index (χ4v) is 4.37. The minimum absolute atomic E-state index is 0.000854. The van der Waals surface area contributed by atoms with Crippen LogP contribution in [0.2, 0.25) is 0 Å². The third-order valence-corrected chi connectivity index (χ3v) is 5.99. The van der Waals surface area contributed by atoms with Gasteiger partial charge in [-0.2, -0.15) is 0 Å². The molecule has 1 aliphatic heterocycles. The van der Waals surface area contributed by atoms with Gasteiger partial charge in [0, 0.05) is 31.4 Å². The zero-order valence-corrected chi connectivity index (χ0v) is 20.6. The van der Waals surface area contributed by atoms with Gasteiger partial charge in [-0.05, 0) is 47.9 Å². The summed E-state index contributed by atoms with van der Waals surface area (Å²) < 4.78 is 11.4. The predicted octanol–water partition coefficient (Wildman–Crippen LogP) is 3.01. The Morgan fingerprint density at radius 2 is 1.97 bits per heavy atom. The summed E-state index contributed by atoms with van der Waals surface area (Å²) in [7, 11) is 1.62. The average Bonchev–Trinajstić information content (AvgIpc) is 3.33. The zero-order chi connectivity index (χ0) is 25.7. The summed E-state index contributed by atoms with van der Waals surface area (Å²) in [5.41, 5.74) is 2.11. The molecule has 1 N–H and O–H groups in total. The molecule has 1 aliphatic rings. The number of nitro groups is 1. The second-order valence-corrected chi connectivity index (χ2v) is 8.89. The number of nitrogens with zero attached hydrogens (tertiary/aromatic N) is 5. The number of hydrogen-bond acceptors (Lipinski definition) is 8. The van der Waals surface area contributed by atoms with Crippen molar-refractivity contribution in [2.45, 2.75) is 38.8 Å². The summed E-state index contributed by atoms with van der Waals surface area (Å²) >= 11 is 0. The third kappa shape index (κ3) is 5.91. The average molecular weight is 495 g/mol. The van der Waals surface area contributed by atoms with E-state index in [-0.39, 0.29) is 30.3 Å². The monoisotopic (exact) mass is 494 g/mol. The van der Waals surface area contributed by atoms with Gasteiger partial charge in [0.05, 0.1) is 19.3 Å². The molecule has 4 rings (SSSR count). The Hall–Kier alpha value is -4.15. The Labute approximate surface area is 209 Å². The molecule has 0 saturated carbocycles. The van der Waals surface area contributed by atoms with E-state index < -0.39 is 10.9 Å². The van der Waals surface area contributed by atoms with Gasteiger partial charge in [0.25, 0.3) is 5.82 Å². The molecule has 1 saturated heterocycles. The lowest BCUT2D eigenvalue weighted by atomic mass is 10.0. The van der Waals surface area contributed by atoms with Crippen LogP contribution in [0.25, 0.3) is 0 Å². The molecule has 36 heavy (non-hydrogen) atoms. The van der Waals surface area contributed by atoms with E-state index in [0.29, 0.717) is 37.6 Å². The maximum absolute atomic E-state index is 13.3. The van der Waals surface area contributed by atoms with Crippen LogP contribution in [0.5, 0.6) is 11.5 Å². The summed E-state index contributed by atoms with van der Waals surface area (Å²) in [5, 5.41) is 17.0. The Balaban J connectivity index is 1.55. The second-order valence-electron chi connectivity index (χ2n) is 8.89. The number of carbonyl (C=O) groups excluding carboxylic acids is 1. The molecular formula is C25H30N6O5. The molecule has 1 fully saturated rings. The number of amides is 1. The molecule has 11 nitrogen and oxygen atoms in total. The minimum Gasteiger partial charge on any atom is -0.493 e. The fraction of sp³-hybridized carbons (Fsp3) is 0.400. The molecule has 0 spiro atoms. The predicted molar refractivity (Wildman–Crippen MR) is 133 cm³/mol. The van der Waals surface area contributed by atoms with Crippen molar-refractivity contribution in [1.82, 2.24) is 20.1 Å². The van der Waals surface area contributed by atoms with Crippen molar-refractivity contribution < 1.29 is 19.2 Å². The number of nitrogens with one attached hydrogen (secondary N) is 1. The summed E-state index contributed by atoms with van der Waals surface area (Å²) in [6.45, 7) is 5.67. The molecule has 1 amide bonds. The molecule has 0 aliphatic carbocycles. The SMILES string of the molecule is COc1ccc(N2CCN(C(=O)Cc3n[nH]c([N+](=O)[O-])n3)C(Cc3ccccc3)C2)cc1OC(C)C. The number of aromatic nitrogens is 3. The number of methoxy groups -OCH3 is 1. The number of anilines is 1. The highest BCUT2D eigenvalue weighted by molar-refractivity contribution is 5.79. The third-order valence-electron chi connectivity index (χ3n) is 5.99. The standard InChI is InChI=1S/C25H30N6O5/c1-17(2)36-22-14-19(9-10-21(22)35-3)29-11-12-30(20(16-29)13-18-7-5-4-6-8-18)24(32)15-23-26-25(28-27-23)31(33)34/h4-10,14,17,20H,11-13,15-16H2,1-3H3,(H,26,27,28). The van der Waals surface area contributed by atoms with Crippen molar-refractivity contribution >= 4 is 17.5 Å². The number of aromatic amines is 1. The van der Waals surface area contributed by atoms with Crippen LogP contribution in [0.4, 0.5) is 11.6 Å². The Kier molecular flexibility index (Phi) is 7.67. The van der Waals surface area contributed by atoms with E-state index in [4.69, 9.17) is 9.47 Å². The maximum atomic E-state index is 13.3. The first-order valence-corrected chi connectivity index (χ1v) is 11.8. The smallest absolute Gasteiger partial charge is 0.453 e. The molecular weight excluding hydrogens is 464 g/mol. The van der Waals surface area contributed by atoms with Gasteiger partial charge in [-0.25, -0.2) is 0 Å². The van der Waals surface area contributed by atoms with E-state index in [9.17, 15) is 14.9 Å². The van der Waals surface area contributed by atoms with Gasteiger partial charge >= 0.3 is 5.95 Å². The van der Waals surface area contributed by atoms with Gasteiger partial charge < -0.3 is 29.4 Å². The van der Waals surface area contributed by atoms with Crippen molar-refractivity contribution in [3.05, 3.63) is 70.0 Å². The first kappa shape index (κ1) is 25.0.